The second-order valence-electron chi connectivity index (χ2n) is 10.4. The number of benzene rings is 3. The molecule has 3 aromatic carbocycles. The number of carbonyl (C=O) groups is 2. The van der Waals surface area contributed by atoms with Crippen LogP contribution in [0.25, 0.3) is 11.1 Å². The molecule has 0 unspecified atom stereocenters. The minimum atomic E-state index is -0.464. The maximum absolute atomic E-state index is 13.8. The van der Waals surface area contributed by atoms with Crippen LogP contribution in [0.2, 0.25) is 0 Å². The second kappa shape index (κ2) is 14.3. The van der Waals surface area contributed by atoms with E-state index in [4.69, 9.17) is 15.2 Å². The lowest BCUT2D eigenvalue weighted by atomic mass is 10.0. The Morgan fingerprint density at radius 1 is 0.881 bits per heavy atom. The van der Waals surface area contributed by atoms with Gasteiger partial charge >= 0.3 is 6.03 Å². The van der Waals surface area contributed by atoms with E-state index in [1.54, 1.807) is 6.07 Å². The molecule has 9 nitrogen and oxygen atoms in total. The number of amides is 3. The highest BCUT2D eigenvalue weighted by molar-refractivity contribution is 6.06. The summed E-state index contributed by atoms with van der Waals surface area (Å²) >= 11 is 0. The lowest BCUT2D eigenvalue weighted by Crippen LogP contribution is -2.48. The predicted molar refractivity (Wildman–Crippen MR) is 161 cm³/mol. The molecule has 0 saturated carbocycles. The molecule has 0 spiro atoms. The average Bonchev–Trinajstić information content (AvgIpc) is 3.03. The lowest BCUT2D eigenvalue weighted by Gasteiger charge is -2.33. The van der Waals surface area contributed by atoms with Crippen molar-refractivity contribution in [2.24, 2.45) is 5.73 Å². The van der Waals surface area contributed by atoms with E-state index in [1.807, 2.05) is 46.2 Å². The Kier molecular flexibility index (Phi) is 10.0. The van der Waals surface area contributed by atoms with E-state index < -0.39 is 5.82 Å². The number of hydrogen-bond donors (Lipinski definition) is 2. The number of nitrogens with two attached hydrogens (primary N) is 1. The summed E-state index contributed by atoms with van der Waals surface area (Å²) in [5.74, 6) is -0.846. The zero-order valence-corrected chi connectivity index (χ0v) is 23.8. The fraction of sp³-hybridized carbons (Fsp3) is 0.375. The van der Waals surface area contributed by atoms with Crippen molar-refractivity contribution in [1.29, 1.82) is 0 Å². The molecule has 222 valence electrons. The number of anilines is 2. The number of urea groups is 1. The highest BCUT2D eigenvalue weighted by Crippen LogP contribution is 2.33. The van der Waals surface area contributed by atoms with Gasteiger partial charge in [0.2, 0.25) is 0 Å². The second-order valence-corrected chi connectivity index (χ2v) is 10.4. The molecule has 2 saturated heterocycles. The number of nitrogens with zero attached hydrogens (tertiary/aromatic N) is 3. The van der Waals surface area contributed by atoms with E-state index in [0.717, 1.165) is 22.4 Å². The van der Waals surface area contributed by atoms with E-state index in [2.05, 4.69) is 16.3 Å². The number of nitrogens with one attached hydrogen (secondary N) is 1. The van der Waals surface area contributed by atoms with Crippen molar-refractivity contribution in [2.45, 2.75) is 13.0 Å². The Morgan fingerprint density at radius 3 is 2.33 bits per heavy atom. The van der Waals surface area contributed by atoms with Gasteiger partial charge in [0, 0.05) is 44.8 Å². The van der Waals surface area contributed by atoms with Crippen molar-refractivity contribution in [1.82, 2.24) is 9.80 Å². The third-order valence-electron chi connectivity index (χ3n) is 7.50. The minimum Gasteiger partial charge on any atom is -0.378 e. The summed E-state index contributed by atoms with van der Waals surface area (Å²) < 4.78 is 24.8. The Balaban J connectivity index is 1.41. The van der Waals surface area contributed by atoms with Gasteiger partial charge in [0.1, 0.15) is 5.82 Å². The number of ether oxygens (including phenoxy) is 2. The van der Waals surface area contributed by atoms with Crippen LogP contribution in [-0.2, 0) is 16.0 Å². The lowest BCUT2D eigenvalue weighted by molar-refractivity contribution is 0.0425. The van der Waals surface area contributed by atoms with Crippen molar-refractivity contribution < 1.29 is 23.5 Å². The number of carbonyl (C=O) groups excluding carboxylic acids is 2. The van der Waals surface area contributed by atoms with Crippen LogP contribution in [0.4, 0.5) is 20.6 Å². The summed E-state index contributed by atoms with van der Waals surface area (Å²) in [5, 5.41) is 3.01. The van der Waals surface area contributed by atoms with Gasteiger partial charge in [-0.2, -0.15) is 0 Å². The highest BCUT2D eigenvalue weighted by atomic mass is 19.1. The van der Waals surface area contributed by atoms with E-state index in [1.165, 1.54) is 18.2 Å². The molecule has 0 radical (unpaired) electrons. The number of morpholine rings is 2. The smallest absolute Gasteiger partial charge is 0.320 e. The Labute approximate surface area is 246 Å². The highest BCUT2D eigenvalue weighted by Gasteiger charge is 2.23. The maximum atomic E-state index is 13.8. The minimum absolute atomic E-state index is 0.00522. The standard InChI is InChI=1S/C32H38FN5O4/c33-28-7-2-6-27(21-28)31(39)35-29-22-26(8-9-30(29)36-12-16-41-17-13-36)25-5-1-4-24(20-25)23-38(11-3-10-34)32(40)37-14-18-42-19-15-37/h1-2,4-9,20-22H,3,10-19,23,34H2,(H,35,39). The van der Waals surface area contributed by atoms with Crippen molar-refractivity contribution in [3.63, 3.8) is 0 Å². The van der Waals surface area contributed by atoms with Crippen molar-refractivity contribution in [2.75, 3.05) is 75.9 Å². The summed E-state index contributed by atoms with van der Waals surface area (Å²) in [6.07, 6.45) is 0.715. The summed E-state index contributed by atoms with van der Waals surface area (Å²) in [5.41, 5.74) is 10.4. The first-order chi connectivity index (χ1) is 20.5. The van der Waals surface area contributed by atoms with E-state index in [9.17, 15) is 14.0 Å². The number of rotatable bonds is 9. The van der Waals surface area contributed by atoms with Gasteiger partial charge in [0.15, 0.2) is 0 Å². The summed E-state index contributed by atoms with van der Waals surface area (Å²) in [4.78, 5) is 32.3. The molecule has 10 heteroatoms. The third-order valence-corrected chi connectivity index (χ3v) is 7.50. The Hall–Kier alpha value is -3.99. The predicted octanol–water partition coefficient (Wildman–Crippen LogP) is 4.18. The summed E-state index contributed by atoms with van der Waals surface area (Å²) in [6, 6.07) is 19.7. The molecule has 2 aliphatic rings. The SMILES string of the molecule is NCCCN(Cc1cccc(-c2ccc(N3CCOCC3)c(NC(=O)c3cccc(F)c3)c2)c1)C(=O)N1CCOCC1. The van der Waals surface area contributed by atoms with Crippen LogP contribution in [0.1, 0.15) is 22.3 Å². The average molecular weight is 576 g/mol. The van der Waals surface area contributed by atoms with Crippen LogP contribution in [0, 0.1) is 5.82 Å². The number of halogens is 1. The van der Waals surface area contributed by atoms with Gasteiger partial charge in [-0.3, -0.25) is 4.79 Å². The van der Waals surface area contributed by atoms with E-state index in [0.29, 0.717) is 84.3 Å². The molecule has 0 aromatic heterocycles. The fourth-order valence-corrected chi connectivity index (χ4v) is 5.27. The van der Waals surface area contributed by atoms with Crippen LogP contribution in [0.15, 0.2) is 66.7 Å². The Bertz CT molecular complexity index is 1370. The summed E-state index contributed by atoms with van der Waals surface area (Å²) in [6.45, 7) is 6.40. The zero-order chi connectivity index (χ0) is 29.3. The van der Waals surface area contributed by atoms with Gasteiger partial charge in [-0.05, 0) is 66.1 Å². The van der Waals surface area contributed by atoms with Crippen LogP contribution in [0.3, 0.4) is 0 Å². The molecule has 5 rings (SSSR count). The van der Waals surface area contributed by atoms with Crippen LogP contribution >= 0.6 is 0 Å². The van der Waals surface area contributed by atoms with E-state index >= 15 is 0 Å². The third kappa shape index (κ3) is 7.44. The van der Waals surface area contributed by atoms with Crippen LogP contribution in [-0.4, -0.2) is 87.4 Å². The first kappa shape index (κ1) is 29.5. The molecule has 0 aliphatic carbocycles. The molecule has 42 heavy (non-hydrogen) atoms. The van der Waals surface area contributed by atoms with Gasteiger partial charge in [-0.25, -0.2) is 9.18 Å². The number of hydrogen-bond acceptors (Lipinski definition) is 6. The van der Waals surface area contributed by atoms with Crippen LogP contribution in [0.5, 0.6) is 0 Å². The first-order valence-electron chi connectivity index (χ1n) is 14.5. The van der Waals surface area contributed by atoms with Gasteiger partial charge < -0.3 is 35.2 Å². The zero-order valence-electron chi connectivity index (χ0n) is 23.8. The molecule has 2 fully saturated rings. The van der Waals surface area contributed by atoms with E-state index in [-0.39, 0.29) is 17.5 Å². The quantitative estimate of drug-likeness (QED) is 0.397. The van der Waals surface area contributed by atoms with Crippen molar-refractivity contribution in [3.05, 3.63) is 83.7 Å². The summed E-state index contributed by atoms with van der Waals surface area (Å²) in [7, 11) is 0. The first-order valence-corrected chi connectivity index (χ1v) is 14.5. The van der Waals surface area contributed by atoms with Crippen molar-refractivity contribution >= 4 is 23.3 Å². The normalized spacial score (nSPS) is 15.4. The molecule has 2 heterocycles. The molecular weight excluding hydrogens is 537 g/mol. The molecule has 2 aliphatic heterocycles. The van der Waals surface area contributed by atoms with Gasteiger partial charge in [-0.1, -0.05) is 30.3 Å². The molecule has 0 bridgehead atoms. The van der Waals surface area contributed by atoms with Gasteiger partial charge in [-0.15, -0.1) is 0 Å². The maximum Gasteiger partial charge on any atom is 0.320 e. The Morgan fingerprint density at radius 2 is 1.60 bits per heavy atom. The van der Waals surface area contributed by atoms with Crippen LogP contribution < -0.4 is 16.0 Å². The fourth-order valence-electron chi connectivity index (χ4n) is 5.27. The topological polar surface area (TPSA) is 100 Å². The van der Waals surface area contributed by atoms with Crippen molar-refractivity contribution in [3.8, 4) is 11.1 Å². The molecule has 0 atom stereocenters. The molecule has 3 N–H and O–H groups in total. The van der Waals surface area contributed by atoms with Gasteiger partial charge in [0.05, 0.1) is 37.8 Å². The molecule has 3 amide bonds. The molecule has 3 aromatic rings. The molecular formula is C32H38FN5O4. The largest absolute Gasteiger partial charge is 0.378 e. The van der Waals surface area contributed by atoms with Gasteiger partial charge in [0.25, 0.3) is 5.91 Å². The monoisotopic (exact) mass is 575 g/mol.